The third kappa shape index (κ3) is 5.62. The Hall–Kier alpha value is -2.25. The van der Waals surface area contributed by atoms with Gasteiger partial charge in [-0.25, -0.2) is 14.6 Å². The van der Waals surface area contributed by atoms with Crippen LogP contribution in [0.15, 0.2) is 30.7 Å². The summed E-state index contributed by atoms with van der Waals surface area (Å²) in [6.07, 6.45) is 2.58. The van der Waals surface area contributed by atoms with Gasteiger partial charge in [-0.05, 0) is 24.0 Å². The molecule has 0 aliphatic rings. The van der Waals surface area contributed by atoms with Gasteiger partial charge in [0.25, 0.3) is 0 Å². The van der Waals surface area contributed by atoms with Crippen molar-refractivity contribution >= 4 is 35.3 Å². The summed E-state index contributed by atoms with van der Waals surface area (Å²) in [4.78, 5) is 28.3. The lowest BCUT2D eigenvalue weighted by Crippen LogP contribution is -2.46. The van der Waals surface area contributed by atoms with Gasteiger partial charge in [0.15, 0.2) is 0 Å². The molecule has 0 spiro atoms. The molecule has 1 aromatic carbocycles. The predicted molar refractivity (Wildman–Crippen MR) is 107 cm³/mol. The molecular formula is C19H23Cl2N3O4. The van der Waals surface area contributed by atoms with Gasteiger partial charge in [-0.2, -0.15) is 0 Å². The van der Waals surface area contributed by atoms with E-state index in [0.29, 0.717) is 23.0 Å². The predicted octanol–water partition coefficient (Wildman–Crippen LogP) is 4.26. The average molecular weight is 428 g/mol. The van der Waals surface area contributed by atoms with Gasteiger partial charge in [-0.15, -0.1) is 0 Å². The van der Waals surface area contributed by atoms with Gasteiger partial charge in [0.1, 0.15) is 6.04 Å². The van der Waals surface area contributed by atoms with E-state index in [4.69, 9.17) is 23.2 Å². The van der Waals surface area contributed by atoms with E-state index in [1.165, 1.54) is 0 Å². The van der Waals surface area contributed by atoms with Gasteiger partial charge in [-0.1, -0.05) is 49.2 Å². The first-order valence-electron chi connectivity index (χ1n) is 8.85. The maximum Gasteiger partial charge on any atom is 0.408 e. The summed E-state index contributed by atoms with van der Waals surface area (Å²) in [5.41, 5.74) is 1.59. The Kier molecular flexibility index (Phi) is 7.71. The van der Waals surface area contributed by atoms with Crippen LogP contribution in [-0.4, -0.2) is 49.3 Å². The smallest absolute Gasteiger partial charge is 0.408 e. The number of nitrogens with zero attached hydrogens (tertiary/aromatic N) is 3. The van der Waals surface area contributed by atoms with E-state index in [2.05, 4.69) is 4.98 Å². The van der Waals surface area contributed by atoms with Gasteiger partial charge in [0.05, 0.1) is 22.9 Å². The molecule has 9 heteroatoms. The lowest BCUT2D eigenvalue weighted by Gasteiger charge is -2.27. The van der Waals surface area contributed by atoms with Crippen LogP contribution in [0, 0.1) is 5.92 Å². The fraction of sp³-hybridized carbons (Fsp3) is 0.421. The monoisotopic (exact) mass is 427 g/mol. The standard InChI is InChI=1S/C19H23Cl2N3O4/c1-12(2)8-16(18(25)26)24(19(27)28)7-6-14-9-22-11-23(14)10-13-4-3-5-15(20)17(13)21/h3-5,9,11-12,16H,6-8,10H2,1-2H3,(H,25,26)(H,27,28). The molecule has 0 bridgehead atoms. The highest BCUT2D eigenvalue weighted by Gasteiger charge is 2.30. The number of aliphatic carboxylic acids is 1. The molecule has 7 nitrogen and oxygen atoms in total. The van der Waals surface area contributed by atoms with Crippen molar-refractivity contribution in [2.75, 3.05) is 6.54 Å². The third-order valence-electron chi connectivity index (χ3n) is 4.38. The zero-order chi connectivity index (χ0) is 20.8. The highest BCUT2D eigenvalue weighted by atomic mass is 35.5. The second-order valence-electron chi connectivity index (χ2n) is 6.94. The van der Waals surface area contributed by atoms with E-state index < -0.39 is 18.1 Å². The topological polar surface area (TPSA) is 95.7 Å². The van der Waals surface area contributed by atoms with Crippen molar-refractivity contribution in [1.29, 1.82) is 0 Å². The molecular weight excluding hydrogens is 405 g/mol. The Morgan fingerprint density at radius 2 is 1.96 bits per heavy atom. The van der Waals surface area contributed by atoms with Crippen molar-refractivity contribution < 1.29 is 19.8 Å². The molecule has 2 rings (SSSR count). The SMILES string of the molecule is CC(C)CC(C(=O)O)N(CCc1cncn1Cc1cccc(Cl)c1Cl)C(=O)O. The molecule has 1 atom stereocenters. The van der Waals surface area contributed by atoms with Crippen molar-refractivity contribution in [3.05, 3.63) is 52.0 Å². The number of hydrogen-bond donors (Lipinski definition) is 2. The number of carboxylic acids is 1. The van der Waals surface area contributed by atoms with E-state index >= 15 is 0 Å². The number of carboxylic acid groups (broad SMARTS) is 2. The minimum absolute atomic E-state index is 0.0496. The van der Waals surface area contributed by atoms with Crippen LogP contribution in [0.25, 0.3) is 0 Å². The molecule has 0 saturated heterocycles. The molecule has 2 N–H and O–H groups in total. The number of aromatic nitrogens is 2. The summed E-state index contributed by atoms with van der Waals surface area (Å²) in [5.74, 6) is -1.09. The normalized spacial score (nSPS) is 12.2. The average Bonchev–Trinajstić information content (AvgIpc) is 3.04. The van der Waals surface area contributed by atoms with Crippen LogP contribution >= 0.6 is 23.2 Å². The maximum absolute atomic E-state index is 11.7. The molecule has 152 valence electrons. The Balaban J connectivity index is 2.15. The lowest BCUT2D eigenvalue weighted by atomic mass is 10.0. The quantitative estimate of drug-likeness (QED) is 0.622. The maximum atomic E-state index is 11.7. The van der Waals surface area contributed by atoms with Crippen LogP contribution in [0.5, 0.6) is 0 Å². The van der Waals surface area contributed by atoms with Crippen LogP contribution < -0.4 is 0 Å². The van der Waals surface area contributed by atoms with Gasteiger partial charge in [-0.3, -0.25) is 4.90 Å². The first-order chi connectivity index (χ1) is 13.2. The van der Waals surface area contributed by atoms with E-state index in [1.54, 1.807) is 24.7 Å². The zero-order valence-corrected chi connectivity index (χ0v) is 17.2. The molecule has 0 saturated carbocycles. The molecule has 2 aromatic rings. The number of benzene rings is 1. The molecule has 1 amide bonds. The highest BCUT2D eigenvalue weighted by Crippen LogP contribution is 2.26. The van der Waals surface area contributed by atoms with Crippen molar-refractivity contribution in [2.24, 2.45) is 5.92 Å². The number of halogens is 2. The number of carbonyl (C=O) groups is 2. The first-order valence-corrected chi connectivity index (χ1v) is 9.60. The lowest BCUT2D eigenvalue weighted by molar-refractivity contribution is -0.143. The Morgan fingerprint density at radius 1 is 1.25 bits per heavy atom. The summed E-state index contributed by atoms with van der Waals surface area (Å²) < 4.78 is 1.84. The molecule has 28 heavy (non-hydrogen) atoms. The summed E-state index contributed by atoms with van der Waals surface area (Å²) >= 11 is 12.3. The van der Waals surface area contributed by atoms with E-state index in [1.807, 2.05) is 24.5 Å². The van der Waals surface area contributed by atoms with Gasteiger partial charge in [0.2, 0.25) is 0 Å². The molecule has 0 radical (unpaired) electrons. The Morgan fingerprint density at radius 3 is 2.57 bits per heavy atom. The molecule has 1 aromatic heterocycles. The molecule has 0 aliphatic carbocycles. The summed E-state index contributed by atoms with van der Waals surface area (Å²) in [7, 11) is 0. The van der Waals surface area contributed by atoms with Crippen molar-refractivity contribution in [2.45, 2.75) is 39.3 Å². The summed E-state index contributed by atoms with van der Waals surface area (Å²) in [6, 6.07) is 4.27. The number of amides is 1. The Labute approximate surface area is 173 Å². The summed E-state index contributed by atoms with van der Waals surface area (Å²) in [5, 5.41) is 19.9. The van der Waals surface area contributed by atoms with Crippen molar-refractivity contribution in [3.8, 4) is 0 Å². The number of imidazole rings is 1. The summed E-state index contributed by atoms with van der Waals surface area (Å²) in [6.45, 7) is 4.20. The largest absolute Gasteiger partial charge is 0.480 e. The zero-order valence-electron chi connectivity index (χ0n) is 15.7. The van der Waals surface area contributed by atoms with Crippen LogP contribution in [0.2, 0.25) is 10.0 Å². The van der Waals surface area contributed by atoms with Crippen LogP contribution in [-0.2, 0) is 17.8 Å². The van der Waals surface area contributed by atoms with Crippen LogP contribution in [0.4, 0.5) is 4.79 Å². The van der Waals surface area contributed by atoms with Crippen molar-refractivity contribution in [3.63, 3.8) is 0 Å². The van der Waals surface area contributed by atoms with Gasteiger partial charge in [0, 0.05) is 24.9 Å². The van der Waals surface area contributed by atoms with E-state index in [9.17, 15) is 19.8 Å². The fourth-order valence-electron chi connectivity index (χ4n) is 2.98. The molecule has 0 aliphatic heterocycles. The molecule has 1 heterocycles. The van der Waals surface area contributed by atoms with Crippen LogP contribution in [0.3, 0.4) is 0 Å². The van der Waals surface area contributed by atoms with E-state index in [0.717, 1.165) is 16.2 Å². The fourth-order valence-corrected chi connectivity index (χ4v) is 3.36. The Bertz CT molecular complexity index is 838. The number of hydrogen-bond acceptors (Lipinski definition) is 3. The second kappa shape index (κ2) is 9.80. The highest BCUT2D eigenvalue weighted by molar-refractivity contribution is 6.42. The minimum atomic E-state index is -1.25. The third-order valence-corrected chi connectivity index (χ3v) is 5.24. The minimum Gasteiger partial charge on any atom is -0.480 e. The molecule has 1 unspecified atom stereocenters. The van der Waals surface area contributed by atoms with Crippen LogP contribution in [0.1, 0.15) is 31.5 Å². The number of rotatable bonds is 9. The van der Waals surface area contributed by atoms with E-state index in [-0.39, 0.29) is 18.9 Å². The van der Waals surface area contributed by atoms with Gasteiger partial charge >= 0.3 is 12.1 Å². The second-order valence-corrected chi connectivity index (χ2v) is 7.72. The molecule has 0 fully saturated rings. The van der Waals surface area contributed by atoms with Crippen molar-refractivity contribution in [1.82, 2.24) is 14.5 Å². The first kappa shape index (κ1) is 22.0. The van der Waals surface area contributed by atoms with Gasteiger partial charge < -0.3 is 14.8 Å².